The molecule has 0 heterocycles. The monoisotopic (exact) mass is 372 g/mol. The van der Waals surface area contributed by atoms with Gasteiger partial charge in [-0.1, -0.05) is 78.2 Å². The van der Waals surface area contributed by atoms with Gasteiger partial charge in [-0.15, -0.1) is 0 Å². The van der Waals surface area contributed by atoms with Crippen molar-refractivity contribution in [3.8, 4) is 5.75 Å². The fourth-order valence-corrected chi connectivity index (χ4v) is 3.72. The molecule has 0 aliphatic heterocycles. The standard InChI is InChI=1S/C22H35F3O/c1-4-8-17(3)10-6-11-18(9-5-2)12-7-13-19-14-15-21(20(23)16-19)26-22(24)25/h14-18,22H,4-13H2,1-3H3. The van der Waals surface area contributed by atoms with Crippen LogP contribution in [0.1, 0.15) is 84.1 Å². The van der Waals surface area contributed by atoms with E-state index in [0.29, 0.717) is 0 Å². The van der Waals surface area contributed by atoms with Gasteiger partial charge in [0.25, 0.3) is 0 Å². The number of halogens is 3. The maximum Gasteiger partial charge on any atom is 0.387 e. The molecule has 0 saturated heterocycles. The minimum atomic E-state index is -3.00. The van der Waals surface area contributed by atoms with Crippen molar-refractivity contribution in [2.45, 2.75) is 91.6 Å². The van der Waals surface area contributed by atoms with E-state index in [1.54, 1.807) is 6.07 Å². The number of rotatable bonds is 14. The Labute approximate surface area is 157 Å². The van der Waals surface area contributed by atoms with Gasteiger partial charge in [-0.05, 0) is 42.4 Å². The van der Waals surface area contributed by atoms with E-state index in [9.17, 15) is 13.2 Å². The second-order valence-electron chi connectivity index (χ2n) is 7.51. The number of alkyl halides is 2. The van der Waals surface area contributed by atoms with Crippen LogP contribution in [0.25, 0.3) is 0 Å². The van der Waals surface area contributed by atoms with Crippen LogP contribution in [0, 0.1) is 17.7 Å². The molecule has 0 aromatic heterocycles. The highest BCUT2D eigenvalue weighted by atomic mass is 19.3. The van der Waals surface area contributed by atoms with Gasteiger partial charge in [-0.3, -0.25) is 0 Å². The zero-order valence-corrected chi connectivity index (χ0v) is 16.6. The SMILES string of the molecule is CCCC(C)CCCC(CCC)CCCc1ccc(OC(F)F)c(F)c1. The summed E-state index contributed by atoms with van der Waals surface area (Å²) in [5, 5.41) is 0. The van der Waals surface area contributed by atoms with Crippen molar-refractivity contribution in [1.29, 1.82) is 0 Å². The molecule has 0 aliphatic rings. The Balaban J connectivity index is 2.38. The second kappa shape index (κ2) is 13.1. The number of hydrogen-bond acceptors (Lipinski definition) is 1. The summed E-state index contributed by atoms with van der Waals surface area (Å²) in [6, 6.07) is 4.30. The minimum Gasteiger partial charge on any atom is -0.432 e. The van der Waals surface area contributed by atoms with Gasteiger partial charge in [0, 0.05) is 0 Å². The van der Waals surface area contributed by atoms with Gasteiger partial charge in [0.2, 0.25) is 0 Å². The van der Waals surface area contributed by atoms with E-state index in [0.717, 1.165) is 36.7 Å². The third-order valence-corrected chi connectivity index (χ3v) is 5.08. The van der Waals surface area contributed by atoms with E-state index < -0.39 is 12.4 Å². The van der Waals surface area contributed by atoms with E-state index in [-0.39, 0.29) is 5.75 Å². The first-order valence-corrected chi connectivity index (χ1v) is 10.2. The molecule has 0 aliphatic carbocycles. The molecule has 2 atom stereocenters. The summed E-state index contributed by atoms with van der Waals surface area (Å²) in [6.07, 6.45) is 11.8. The van der Waals surface area contributed by atoms with E-state index in [4.69, 9.17) is 0 Å². The van der Waals surface area contributed by atoms with Crippen molar-refractivity contribution in [3.63, 3.8) is 0 Å². The highest BCUT2D eigenvalue weighted by molar-refractivity contribution is 5.29. The summed E-state index contributed by atoms with van der Waals surface area (Å²) < 4.78 is 42.3. The molecule has 0 saturated carbocycles. The summed E-state index contributed by atoms with van der Waals surface area (Å²) in [5.41, 5.74) is 0.843. The summed E-state index contributed by atoms with van der Waals surface area (Å²) >= 11 is 0. The Bertz CT molecular complexity index is 490. The molecule has 0 N–H and O–H groups in total. The number of ether oxygens (including phenoxy) is 1. The van der Waals surface area contributed by atoms with Crippen LogP contribution in [0.15, 0.2) is 18.2 Å². The molecule has 0 radical (unpaired) electrons. The molecule has 4 heteroatoms. The highest BCUT2D eigenvalue weighted by Gasteiger charge is 2.12. The molecule has 0 spiro atoms. The summed E-state index contributed by atoms with van der Waals surface area (Å²) in [4.78, 5) is 0. The predicted octanol–water partition coefficient (Wildman–Crippen LogP) is 7.77. The molecule has 0 amide bonds. The minimum absolute atomic E-state index is 0.381. The topological polar surface area (TPSA) is 9.23 Å². The van der Waals surface area contributed by atoms with Crippen molar-refractivity contribution in [2.24, 2.45) is 11.8 Å². The molecule has 0 fully saturated rings. The Hall–Kier alpha value is -1.19. The van der Waals surface area contributed by atoms with Crippen LogP contribution in [-0.4, -0.2) is 6.61 Å². The average molecular weight is 373 g/mol. The Morgan fingerprint density at radius 2 is 1.62 bits per heavy atom. The first-order chi connectivity index (χ1) is 12.5. The average Bonchev–Trinajstić information content (AvgIpc) is 2.57. The molecule has 1 aromatic rings. The lowest BCUT2D eigenvalue weighted by atomic mass is 9.89. The van der Waals surface area contributed by atoms with Crippen LogP contribution < -0.4 is 4.74 Å². The van der Waals surface area contributed by atoms with Gasteiger partial charge in [-0.25, -0.2) is 4.39 Å². The third kappa shape index (κ3) is 9.49. The molecular formula is C22H35F3O. The van der Waals surface area contributed by atoms with Gasteiger partial charge < -0.3 is 4.74 Å². The van der Waals surface area contributed by atoms with Crippen LogP contribution in [-0.2, 0) is 6.42 Å². The molecule has 1 nitrogen and oxygen atoms in total. The molecular weight excluding hydrogens is 337 g/mol. The Morgan fingerprint density at radius 3 is 2.23 bits per heavy atom. The van der Waals surface area contributed by atoms with Crippen LogP contribution in [0.5, 0.6) is 5.75 Å². The van der Waals surface area contributed by atoms with Crippen LogP contribution in [0.3, 0.4) is 0 Å². The number of benzene rings is 1. The van der Waals surface area contributed by atoms with Crippen LogP contribution in [0.2, 0.25) is 0 Å². The molecule has 1 rings (SSSR count). The summed E-state index contributed by atoms with van der Waals surface area (Å²) in [5.74, 6) is 0.464. The van der Waals surface area contributed by atoms with Gasteiger partial charge in [0.05, 0.1) is 0 Å². The molecule has 26 heavy (non-hydrogen) atoms. The summed E-state index contributed by atoms with van der Waals surface area (Å²) in [6.45, 7) is 3.81. The van der Waals surface area contributed by atoms with Crippen molar-refractivity contribution >= 4 is 0 Å². The van der Waals surface area contributed by atoms with E-state index >= 15 is 0 Å². The lowest BCUT2D eigenvalue weighted by molar-refractivity contribution is -0.0522. The predicted molar refractivity (Wildman–Crippen MR) is 102 cm³/mol. The summed E-state index contributed by atoms with van der Waals surface area (Å²) in [7, 11) is 0. The Kier molecular flexibility index (Phi) is 11.5. The van der Waals surface area contributed by atoms with Gasteiger partial charge in [-0.2, -0.15) is 8.78 Å². The maximum atomic E-state index is 13.8. The molecule has 0 bridgehead atoms. The third-order valence-electron chi connectivity index (χ3n) is 5.08. The quantitative estimate of drug-likeness (QED) is 0.324. The van der Waals surface area contributed by atoms with Crippen molar-refractivity contribution in [3.05, 3.63) is 29.6 Å². The number of aryl methyl sites for hydroxylation is 1. The van der Waals surface area contributed by atoms with E-state index in [1.807, 2.05) is 0 Å². The largest absolute Gasteiger partial charge is 0.432 e. The molecule has 150 valence electrons. The second-order valence-corrected chi connectivity index (χ2v) is 7.51. The zero-order chi connectivity index (χ0) is 19.4. The van der Waals surface area contributed by atoms with Crippen LogP contribution in [0.4, 0.5) is 13.2 Å². The normalized spacial score (nSPS) is 13.8. The first kappa shape index (κ1) is 22.9. The first-order valence-electron chi connectivity index (χ1n) is 10.2. The number of hydrogen-bond donors (Lipinski definition) is 0. The van der Waals surface area contributed by atoms with Crippen molar-refractivity contribution in [1.82, 2.24) is 0 Å². The van der Waals surface area contributed by atoms with Crippen molar-refractivity contribution in [2.75, 3.05) is 0 Å². The lowest BCUT2D eigenvalue weighted by Gasteiger charge is -2.17. The molecule has 2 unspecified atom stereocenters. The fraction of sp³-hybridized carbons (Fsp3) is 0.727. The Morgan fingerprint density at radius 1 is 0.923 bits per heavy atom. The van der Waals surface area contributed by atoms with E-state index in [1.165, 1.54) is 57.1 Å². The fourth-order valence-electron chi connectivity index (χ4n) is 3.72. The lowest BCUT2D eigenvalue weighted by Crippen LogP contribution is -2.05. The van der Waals surface area contributed by atoms with Crippen LogP contribution >= 0.6 is 0 Å². The van der Waals surface area contributed by atoms with Gasteiger partial charge in [0.15, 0.2) is 11.6 Å². The zero-order valence-electron chi connectivity index (χ0n) is 16.6. The van der Waals surface area contributed by atoms with Crippen molar-refractivity contribution < 1.29 is 17.9 Å². The smallest absolute Gasteiger partial charge is 0.387 e. The van der Waals surface area contributed by atoms with Gasteiger partial charge in [0.1, 0.15) is 0 Å². The highest BCUT2D eigenvalue weighted by Crippen LogP contribution is 2.25. The van der Waals surface area contributed by atoms with Gasteiger partial charge >= 0.3 is 6.61 Å². The molecule has 1 aromatic carbocycles. The maximum absolute atomic E-state index is 13.8. The van der Waals surface area contributed by atoms with E-state index in [2.05, 4.69) is 25.5 Å².